The maximum absolute atomic E-state index is 12.1. The van der Waals surface area contributed by atoms with Crippen molar-refractivity contribution in [2.75, 3.05) is 6.61 Å². The largest absolute Gasteiger partial charge is 0.462 e. The van der Waals surface area contributed by atoms with Crippen LogP contribution in [0.5, 0.6) is 0 Å². The molecule has 0 N–H and O–H groups in total. The van der Waals surface area contributed by atoms with Crippen LogP contribution in [0.25, 0.3) is 33.0 Å². The van der Waals surface area contributed by atoms with E-state index in [1.54, 1.807) is 0 Å². The average Bonchev–Trinajstić information content (AvgIpc) is 3.12. The first-order chi connectivity index (χ1) is 11.3. The molecule has 2 nitrogen and oxygen atoms in total. The van der Waals surface area contributed by atoms with Crippen LogP contribution in [-0.2, 0) is 17.6 Å². The van der Waals surface area contributed by atoms with E-state index in [4.69, 9.17) is 4.74 Å². The van der Waals surface area contributed by atoms with Gasteiger partial charge >= 0.3 is 5.97 Å². The lowest BCUT2D eigenvalue weighted by molar-refractivity contribution is 0.0526. The number of fused-ring (bicyclic) bond motifs is 3. The van der Waals surface area contributed by atoms with Crippen LogP contribution in [0.1, 0.15) is 28.4 Å². The number of aryl methyl sites for hydroxylation is 2. The van der Waals surface area contributed by atoms with Crippen molar-refractivity contribution in [3.8, 4) is 22.3 Å². The molecule has 2 heteroatoms. The monoisotopic (exact) mass is 300 g/mol. The number of carbonyl (C=O) groups excluding carboxylic acids is 1. The van der Waals surface area contributed by atoms with Crippen molar-refractivity contribution in [1.82, 2.24) is 0 Å². The molecule has 0 saturated carbocycles. The summed E-state index contributed by atoms with van der Waals surface area (Å²) >= 11 is 0. The Morgan fingerprint density at radius 2 is 1.52 bits per heavy atom. The van der Waals surface area contributed by atoms with Crippen molar-refractivity contribution in [3.05, 3.63) is 59.2 Å². The van der Waals surface area contributed by atoms with Gasteiger partial charge in [0.05, 0.1) is 12.2 Å². The van der Waals surface area contributed by atoms with E-state index in [-0.39, 0.29) is 5.97 Å². The molecule has 3 aromatic rings. The SMILES string of the molecule is CCOC(=O)c1ccc2c(c1)-c1ccc3c4c(ccc-2c14)CC3. The average molecular weight is 300 g/mol. The summed E-state index contributed by atoms with van der Waals surface area (Å²) in [6.45, 7) is 2.23. The molecule has 2 aliphatic rings. The topological polar surface area (TPSA) is 26.3 Å². The molecule has 0 radical (unpaired) electrons. The Kier molecular flexibility index (Phi) is 2.49. The first-order valence-corrected chi connectivity index (χ1v) is 8.17. The number of rotatable bonds is 2. The Morgan fingerprint density at radius 1 is 0.870 bits per heavy atom. The Hall–Kier alpha value is -2.61. The van der Waals surface area contributed by atoms with Crippen molar-refractivity contribution in [2.45, 2.75) is 19.8 Å². The van der Waals surface area contributed by atoms with Gasteiger partial charge in [-0.1, -0.05) is 30.3 Å². The summed E-state index contributed by atoms with van der Waals surface area (Å²) < 4.78 is 5.15. The van der Waals surface area contributed by atoms with E-state index in [1.165, 1.54) is 38.6 Å². The Morgan fingerprint density at radius 3 is 2.22 bits per heavy atom. The molecule has 0 aromatic heterocycles. The van der Waals surface area contributed by atoms with Crippen molar-refractivity contribution in [2.24, 2.45) is 0 Å². The van der Waals surface area contributed by atoms with Gasteiger partial charge in [0.2, 0.25) is 0 Å². The summed E-state index contributed by atoms with van der Waals surface area (Å²) in [4.78, 5) is 12.1. The summed E-state index contributed by atoms with van der Waals surface area (Å²) in [6, 6.07) is 14.9. The summed E-state index contributed by atoms with van der Waals surface area (Å²) in [6.07, 6.45) is 2.28. The quantitative estimate of drug-likeness (QED) is 0.499. The van der Waals surface area contributed by atoms with E-state index in [0.29, 0.717) is 12.2 Å². The fourth-order valence-corrected chi connectivity index (χ4v) is 4.12. The normalized spacial score (nSPS) is 13.4. The maximum atomic E-state index is 12.1. The van der Waals surface area contributed by atoms with E-state index in [2.05, 4.69) is 30.3 Å². The highest BCUT2D eigenvalue weighted by atomic mass is 16.5. The van der Waals surface area contributed by atoms with Crippen LogP contribution in [0, 0.1) is 0 Å². The molecule has 23 heavy (non-hydrogen) atoms. The van der Waals surface area contributed by atoms with Gasteiger partial charge in [0.15, 0.2) is 0 Å². The highest BCUT2D eigenvalue weighted by Crippen LogP contribution is 2.50. The Bertz CT molecular complexity index is 988. The third-order valence-electron chi connectivity index (χ3n) is 5.11. The third-order valence-corrected chi connectivity index (χ3v) is 5.11. The highest BCUT2D eigenvalue weighted by molar-refractivity contribution is 6.18. The van der Waals surface area contributed by atoms with Crippen molar-refractivity contribution >= 4 is 16.7 Å². The van der Waals surface area contributed by atoms with Crippen molar-refractivity contribution < 1.29 is 9.53 Å². The van der Waals surface area contributed by atoms with E-state index in [0.717, 1.165) is 18.4 Å². The van der Waals surface area contributed by atoms with Crippen molar-refractivity contribution in [1.29, 1.82) is 0 Å². The van der Waals surface area contributed by atoms with Crippen LogP contribution in [0.3, 0.4) is 0 Å². The molecule has 0 amide bonds. The number of esters is 1. The van der Waals surface area contributed by atoms with E-state index >= 15 is 0 Å². The van der Waals surface area contributed by atoms with E-state index in [9.17, 15) is 4.79 Å². The predicted molar refractivity (Wildman–Crippen MR) is 91.7 cm³/mol. The zero-order chi connectivity index (χ0) is 15.6. The van der Waals surface area contributed by atoms with E-state index < -0.39 is 0 Å². The molecule has 0 heterocycles. The minimum Gasteiger partial charge on any atom is -0.462 e. The van der Waals surface area contributed by atoms with Crippen LogP contribution in [-0.4, -0.2) is 12.6 Å². The highest BCUT2D eigenvalue weighted by Gasteiger charge is 2.26. The smallest absolute Gasteiger partial charge is 0.338 e. The van der Waals surface area contributed by atoms with Crippen LogP contribution in [0.4, 0.5) is 0 Å². The molecule has 0 saturated heterocycles. The van der Waals surface area contributed by atoms with Gasteiger partial charge in [-0.3, -0.25) is 0 Å². The van der Waals surface area contributed by atoms with Gasteiger partial charge in [-0.05, 0) is 76.1 Å². The number of benzene rings is 3. The second-order valence-corrected chi connectivity index (χ2v) is 6.28. The molecule has 112 valence electrons. The zero-order valence-electron chi connectivity index (χ0n) is 13.0. The first kappa shape index (κ1) is 12.9. The number of hydrogen-bond acceptors (Lipinski definition) is 2. The molecule has 0 aliphatic heterocycles. The summed E-state index contributed by atoms with van der Waals surface area (Å²) in [5, 5.41) is 2.81. The Balaban J connectivity index is 1.79. The van der Waals surface area contributed by atoms with Gasteiger partial charge in [-0.25, -0.2) is 4.79 Å². The Labute approximate surface area is 134 Å². The lowest BCUT2D eigenvalue weighted by Crippen LogP contribution is -2.04. The second-order valence-electron chi connectivity index (χ2n) is 6.28. The first-order valence-electron chi connectivity index (χ1n) is 8.17. The minimum absolute atomic E-state index is 0.246. The molecule has 5 rings (SSSR count). The molecule has 0 fully saturated rings. The number of hydrogen-bond donors (Lipinski definition) is 0. The predicted octanol–water partition coefficient (Wildman–Crippen LogP) is 4.76. The van der Waals surface area contributed by atoms with Crippen LogP contribution < -0.4 is 0 Å². The van der Waals surface area contributed by atoms with Gasteiger partial charge in [0.25, 0.3) is 0 Å². The molecule has 2 aliphatic carbocycles. The lowest BCUT2D eigenvalue weighted by atomic mass is 9.99. The van der Waals surface area contributed by atoms with Gasteiger partial charge in [0, 0.05) is 0 Å². The number of carbonyl (C=O) groups is 1. The molecular formula is C21H16O2. The second kappa shape index (κ2) is 4.45. The van der Waals surface area contributed by atoms with Crippen LogP contribution in [0.15, 0.2) is 42.5 Å². The molecule has 0 unspecified atom stereocenters. The van der Waals surface area contributed by atoms with Gasteiger partial charge in [0.1, 0.15) is 0 Å². The third kappa shape index (κ3) is 1.61. The zero-order valence-corrected chi connectivity index (χ0v) is 13.0. The minimum atomic E-state index is -0.246. The summed E-state index contributed by atoms with van der Waals surface area (Å²) in [7, 11) is 0. The summed E-state index contributed by atoms with van der Waals surface area (Å²) in [5.74, 6) is -0.246. The summed E-state index contributed by atoms with van der Waals surface area (Å²) in [5.41, 5.74) is 8.48. The fraction of sp³-hybridized carbons (Fsp3) is 0.190. The number of ether oxygens (including phenoxy) is 1. The van der Waals surface area contributed by atoms with E-state index in [1.807, 2.05) is 19.1 Å². The molecule has 0 atom stereocenters. The van der Waals surface area contributed by atoms with Gasteiger partial charge in [-0.2, -0.15) is 0 Å². The molecule has 3 aromatic carbocycles. The van der Waals surface area contributed by atoms with Crippen molar-refractivity contribution in [3.63, 3.8) is 0 Å². The van der Waals surface area contributed by atoms with Crippen LogP contribution in [0.2, 0.25) is 0 Å². The van der Waals surface area contributed by atoms with Crippen LogP contribution >= 0.6 is 0 Å². The lowest BCUT2D eigenvalue weighted by Gasteiger charge is -2.06. The van der Waals surface area contributed by atoms with Gasteiger partial charge in [-0.15, -0.1) is 0 Å². The van der Waals surface area contributed by atoms with Gasteiger partial charge < -0.3 is 4.74 Å². The fourth-order valence-electron chi connectivity index (χ4n) is 4.12. The molecular weight excluding hydrogens is 284 g/mol. The maximum Gasteiger partial charge on any atom is 0.338 e. The molecule has 0 spiro atoms. The standard InChI is InChI=1S/C21H16O2/c1-2-23-21(22)14-7-8-15-16-9-5-12-3-4-13-6-10-17(18(15)11-14)20(16)19(12)13/h5-11H,2-4H2,1H3. The molecule has 0 bridgehead atoms.